The van der Waals surface area contributed by atoms with Crippen LogP contribution in [0.1, 0.15) is 73.2 Å². The Morgan fingerprint density at radius 3 is 2.60 bits per heavy atom. The van der Waals surface area contributed by atoms with Gasteiger partial charge >= 0.3 is 0 Å². The minimum absolute atomic E-state index is 0.0964. The van der Waals surface area contributed by atoms with Crippen molar-refractivity contribution in [2.24, 2.45) is 23.2 Å². The zero-order chi connectivity index (χ0) is 24.0. The van der Waals surface area contributed by atoms with Gasteiger partial charge in [0.2, 0.25) is 5.91 Å². The van der Waals surface area contributed by atoms with Crippen molar-refractivity contribution in [3.8, 4) is 6.07 Å². The Morgan fingerprint density at radius 2 is 1.91 bits per heavy atom. The smallest absolute Gasteiger partial charge is 0.235 e. The number of carbonyl (C=O) groups excluding carboxylic acids is 1. The number of fused-ring (bicyclic) bond motifs is 1. The van der Waals surface area contributed by atoms with Crippen molar-refractivity contribution in [3.63, 3.8) is 0 Å². The first-order chi connectivity index (χ1) is 17.1. The van der Waals surface area contributed by atoms with Gasteiger partial charge in [-0.15, -0.1) is 28.1 Å². The number of anilines is 1. The molecule has 8 heteroatoms. The normalized spacial score (nSPS) is 28.5. The third-order valence-electron chi connectivity index (χ3n) is 8.67. The van der Waals surface area contributed by atoms with Gasteiger partial charge in [-0.2, -0.15) is 5.26 Å². The first-order valence-corrected chi connectivity index (χ1v) is 14.9. The Balaban J connectivity index is 1.14. The summed E-state index contributed by atoms with van der Waals surface area (Å²) in [6, 6.07) is 2.33. The molecule has 4 saturated carbocycles. The van der Waals surface area contributed by atoms with E-state index in [2.05, 4.69) is 32.7 Å². The second-order valence-corrected chi connectivity index (χ2v) is 13.3. The van der Waals surface area contributed by atoms with Crippen molar-refractivity contribution in [2.75, 3.05) is 11.1 Å². The Morgan fingerprint density at radius 1 is 1.20 bits per heavy atom. The predicted octanol–water partition coefficient (Wildman–Crippen LogP) is 5.77. The third-order valence-corrected chi connectivity index (χ3v) is 10.8. The number of hydrogen-bond donors (Lipinski definition) is 1. The van der Waals surface area contributed by atoms with Crippen molar-refractivity contribution in [1.82, 2.24) is 14.8 Å². The van der Waals surface area contributed by atoms with Gasteiger partial charge in [0.15, 0.2) is 5.16 Å². The second-order valence-electron chi connectivity index (χ2n) is 11.3. The van der Waals surface area contributed by atoms with Crippen LogP contribution in [0.5, 0.6) is 0 Å². The summed E-state index contributed by atoms with van der Waals surface area (Å²) >= 11 is 3.00. The highest BCUT2D eigenvalue weighted by molar-refractivity contribution is 7.99. The van der Waals surface area contributed by atoms with Crippen LogP contribution in [0.25, 0.3) is 0 Å². The molecule has 0 aromatic carbocycles. The average Bonchev–Trinajstić information content (AvgIpc) is 3.36. The van der Waals surface area contributed by atoms with Gasteiger partial charge in [0.05, 0.1) is 11.3 Å². The first kappa shape index (κ1) is 23.3. The molecule has 6 nitrogen and oxygen atoms in total. The van der Waals surface area contributed by atoms with Crippen molar-refractivity contribution in [1.29, 1.82) is 5.26 Å². The van der Waals surface area contributed by atoms with E-state index in [4.69, 9.17) is 0 Å². The summed E-state index contributed by atoms with van der Waals surface area (Å²) in [4.78, 5) is 14.1. The van der Waals surface area contributed by atoms with Gasteiger partial charge in [-0.05, 0) is 92.9 Å². The van der Waals surface area contributed by atoms with Crippen molar-refractivity contribution < 1.29 is 4.79 Å². The molecule has 0 radical (unpaired) electrons. The SMILES string of the molecule is C=CCn1c(CC23CC4CC(CC(C4)C2)C3)nnc1SCC(=O)Nc1sc2c(c1C#N)CCCC2. The number of nitrogens with zero attached hydrogens (tertiary/aromatic N) is 4. The van der Waals surface area contributed by atoms with Gasteiger partial charge in [-0.3, -0.25) is 4.79 Å². The first-order valence-electron chi connectivity index (χ1n) is 13.1. The van der Waals surface area contributed by atoms with E-state index in [1.807, 2.05) is 6.08 Å². The number of nitrogens with one attached hydrogen (secondary N) is 1. The highest BCUT2D eigenvalue weighted by Gasteiger charge is 2.51. The molecule has 184 valence electrons. The quantitative estimate of drug-likeness (QED) is 0.362. The Kier molecular flexibility index (Phi) is 6.26. The van der Waals surface area contributed by atoms with E-state index in [9.17, 15) is 10.1 Å². The van der Waals surface area contributed by atoms with Crippen LogP contribution in [0.15, 0.2) is 17.8 Å². The fraction of sp³-hybridized carbons (Fsp3) is 0.630. The van der Waals surface area contributed by atoms with E-state index >= 15 is 0 Å². The van der Waals surface area contributed by atoms with Crippen LogP contribution >= 0.6 is 23.1 Å². The lowest BCUT2D eigenvalue weighted by atomic mass is 9.49. The highest BCUT2D eigenvalue weighted by Crippen LogP contribution is 2.61. The number of thiophene rings is 1. The minimum atomic E-state index is -0.0964. The molecule has 0 aliphatic heterocycles. The maximum atomic E-state index is 12.8. The van der Waals surface area contributed by atoms with Gasteiger partial charge in [-0.25, -0.2) is 0 Å². The number of hydrogen-bond acceptors (Lipinski definition) is 6. The zero-order valence-corrected chi connectivity index (χ0v) is 21.9. The number of thioether (sulfide) groups is 1. The van der Waals surface area contributed by atoms with E-state index in [1.54, 1.807) is 11.3 Å². The number of carbonyl (C=O) groups is 1. The molecule has 4 bridgehead atoms. The number of amides is 1. The van der Waals surface area contributed by atoms with Gasteiger partial charge in [-0.1, -0.05) is 17.8 Å². The summed E-state index contributed by atoms with van der Waals surface area (Å²) in [6.07, 6.45) is 15.5. The Hall–Kier alpha value is -2.11. The third kappa shape index (κ3) is 4.46. The summed E-state index contributed by atoms with van der Waals surface area (Å²) < 4.78 is 2.16. The molecular weight excluding hydrogens is 474 g/mol. The number of rotatable bonds is 8. The topological polar surface area (TPSA) is 83.6 Å². The monoisotopic (exact) mass is 507 g/mol. The summed E-state index contributed by atoms with van der Waals surface area (Å²) in [6.45, 7) is 4.61. The molecule has 2 aromatic rings. The maximum Gasteiger partial charge on any atom is 0.235 e. The summed E-state index contributed by atoms with van der Waals surface area (Å²) in [5.74, 6) is 3.94. The van der Waals surface area contributed by atoms with Gasteiger partial charge in [0.25, 0.3) is 0 Å². The van der Waals surface area contributed by atoms with Crippen LogP contribution in [0.4, 0.5) is 5.00 Å². The van der Waals surface area contributed by atoms with Crippen LogP contribution in [0.3, 0.4) is 0 Å². The average molecular weight is 508 g/mol. The van der Waals surface area contributed by atoms with Crippen molar-refractivity contribution in [2.45, 2.75) is 82.3 Å². The van der Waals surface area contributed by atoms with Crippen LogP contribution in [-0.4, -0.2) is 26.4 Å². The molecule has 2 aromatic heterocycles. The van der Waals surface area contributed by atoms with E-state index in [-0.39, 0.29) is 11.7 Å². The fourth-order valence-electron chi connectivity index (χ4n) is 7.78. The van der Waals surface area contributed by atoms with E-state index in [0.29, 0.717) is 22.5 Å². The molecule has 7 rings (SSSR count). The predicted molar refractivity (Wildman–Crippen MR) is 140 cm³/mol. The van der Waals surface area contributed by atoms with Crippen LogP contribution in [0, 0.1) is 34.5 Å². The maximum absolute atomic E-state index is 12.8. The number of nitriles is 1. The van der Waals surface area contributed by atoms with E-state index < -0.39 is 0 Å². The van der Waals surface area contributed by atoms with E-state index in [1.165, 1.54) is 55.2 Å². The molecule has 0 atom stereocenters. The molecule has 5 aliphatic rings. The molecule has 1 N–H and O–H groups in total. The molecule has 1 amide bonds. The molecule has 35 heavy (non-hydrogen) atoms. The zero-order valence-electron chi connectivity index (χ0n) is 20.2. The number of aryl methyl sites for hydroxylation is 1. The molecule has 5 aliphatic carbocycles. The lowest BCUT2D eigenvalue weighted by molar-refractivity contribution is -0.113. The summed E-state index contributed by atoms with van der Waals surface area (Å²) in [5.41, 5.74) is 2.20. The van der Waals surface area contributed by atoms with Gasteiger partial charge < -0.3 is 9.88 Å². The molecular formula is C27H33N5OS2. The van der Waals surface area contributed by atoms with Gasteiger partial charge in [0.1, 0.15) is 16.9 Å². The molecule has 0 saturated heterocycles. The van der Waals surface area contributed by atoms with Gasteiger partial charge in [0, 0.05) is 17.8 Å². The molecule has 4 fully saturated rings. The fourth-order valence-corrected chi connectivity index (χ4v) is 9.80. The second kappa shape index (κ2) is 9.40. The molecule has 0 unspecified atom stereocenters. The Labute approximate surface area is 215 Å². The largest absolute Gasteiger partial charge is 0.316 e. The van der Waals surface area contributed by atoms with Crippen LogP contribution in [0.2, 0.25) is 0 Å². The standard InChI is InChI=1S/C27H33N5OS2/c1-2-7-32-23(14-27-11-17-8-18(12-27)10-19(9-17)13-27)30-31-26(32)34-16-24(33)29-25-21(15-28)20-5-3-4-6-22(20)35-25/h2,17-19H,1,3-14,16H2,(H,29,33). The highest BCUT2D eigenvalue weighted by atomic mass is 32.2. The molecule has 0 spiro atoms. The molecule has 2 heterocycles. The van der Waals surface area contributed by atoms with Crippen molar-refractivity contribution in [3.05, 3.63) is 34.5 Å². The number of aromatic nitrogens is 3. The van der Waals surface area contributed by atoms with Crippen LogP contribution in [-0.2, 0) is 30.6 Å². The summed E-state index contributed by atoms with van der Waals surface area (Å²) in [5, 5.41) is 23.3. The van der Waals surface area contributed by atoms with E-state index in [0.717, 1.165) is 66.4 Å². The van der Waals surface area contributed by atoms with Crippen molar-refractivity contribution >= 4 is 34.0 Å². The lowest BCUT2D eigenvalue weighted by Gasteiger charge is -2.56. The summed E-state index contributed by atoms with van der Waals surface area (Å²) in [7, 11) is 0. The number of allylic oxidation sites excluding steroid dienone is 1. The minimum Gasteiger partial charge on any atom is -0.316 e. The lowest BCUT2D eigenvalue weighted by Crippen LogP contribution is -2.47. The Bertz CT molecular complexity index is 1150. The van der Waals surface area contributed by atoms with Crippen LogP contribution < -0.4 is 5.32 Å².